The monoisotopic (exact) mass is 559 g/mol. The number of imidazole rings is 1. The van der Waals surface area contributed by atoms with Gasteiger partial charge in [-0.2, -0.15) is 13.2 Å². The van der Waals surface area contributed by atoms with Crippen molar-refractivity contribution < 1.29 is 22.8 Å². The van der Waals surface area contributed by atoms with Gasteiger partial charge in [0.15, 0.2) is 0 Å². The quantitative estimate of drug-likeness (QED) is 0.350. The van der Waals surface area contributed by atoms with Crippen LogP contribution in [0.15, 0.2) is 55.0 Å². The van der Waals surface area contributed by atoms with Crippen molar-refractivity contribution in [2.75, 3.05) is 17.6 Å². The van der Waals surface area contributed by atoms with E-state index in [0.717, 1.165) is 37.6 Å². The van der Waals surface area contributed by atoms with Gasteiger partial charge >= 0.3 is 6.18 Å². The van der Waals surface area contributed by atoms with Gasteiger partial charge in [-0.1, -0.05) is 18.1 Å². The van der Waals surface area contributed by atoms with E-state index in [1.807, 2.05) is 4.40 Å². The average molecular weight is 560 g/mol. The molecule has 4 heterocycles. The van der Waals surface area contributed by atoms with Crippen LogP contribution in [0.25, 0.3) is 16.8 Å². The minimum atomic E-state index is -4.56. The summed E-state index contributed by atoms with van der Waals surface area (Å²) in [5.41, 5.74) is 7.43. The molecule has 12 heteroatoms. The van der Waals surface area contributed by atoms with Crippen molar-refractivity contribution in [3.63, 3.8) is 0 Å². The lowest BCUT2D eigenvalue weighted by Crippen LogP contribution is -2.31. The number of nitrogens with two attached hydrogens (primary N) is 1. The molecule has 4 aromatic rings. The number of nitrogen functional groups attached to an aromatic ring is 1. The highest BCUT2D eigenvalue weighted by atomic mass is 19.4. The van der Waals surface area contributed by atoms with Crippen LogP contribution in [-0.4, -0.2) is 42.6 Å². The van der Waals surface area contributed by atoms with Gasteiger partial charge in [-0.3, -0.25) is 14.0 Å². The van der Waals surface area contributed by atoms with E-state index in [1.165, 1.54) is 12.1 Å². The third-order valence-electron chi connectivity index (χ3n) is 7.62. The van der Waals surface area contributed by atoms with Crippen molar-refractivity contribution in [1.29, 1.82) is 0 Å². The number of pyridine rings is 1. The number of halogens is 3. The Morgan fingerprint density at radius 3 is 2.56 bits per heavy atom. The molecular weight excluding hydrogens is 535 g/mol. The molecule has 0 bridgehead atoms. The van der Waals surface area contributed by atoms with Gasteiger partial charge in [-0.15, -0.1) is 0 Å². The smallest absolute Gasteiger partial charge is 0.382 e. The molecule has 1 aliphatic heterocycles. The Kier molecular flexibility index (Phi) is 6.17. The van der Waals surface area contributed by atoms with Gasteiger partial charge in [0.25, 0.3) is 11.8 Å². The fourth-order valence-electron chi connectivity index (χ4n) is 5.38. The third kappa shape index (κ3) is 4.84. The minimum Gasteiger partial charge on any atom is -0.382 e. The summed E-state index contributed by atoms with van der Waals surface area (Å²) in [6.07, 6.45) is 2.63. The maximum absolute atomic E-state index is 13.0. The Balaban J connectivity index is 1.32. The maximum Gasteiger partial charge on any atom is 0.416 e. The van der Waals surface area contributed by atoms with E-state index in [4.69, 9.17) is 10.7 Å². The summed E-state index contributed by atoms with van der Waals surface area (Å²) in [6, 6.07) is 7.74. The minimum absolute atomic E-state index is 0.0871. The molecular formula is C29H24F3N7O2. The Hall–Kier alpha value is -4.92. The Morgan fingerprint density at radius 2 is 1.88 bits per heavy atom. The molecule has 3 aromatic heterocycles. The highest BCUT2D eigenvalue weighted by molar-refractivity contribution is 6.04. The van der Waals surface area contributed by atoms with Crippen LogP contribution in [0.4, 0.5) is 24.8 Å². The van der Waals surface area contributed by atoms with Crippen molar-refractivity contribution in [3.8, 4) is 23.1 Å². The highest BCUT2D eigenvalue weighted by Crippen LogP contribution is 2.58. The first-order chi connectivity index (χ1) is 19.6. The first-order valence-electron chi connectivity index (χ1n) is 12.9. The maximum atomic E-state index is 13.0. The van der Waals surface area contributed by atoms with Crippen LogP contribution in [0, 0.1) is 17.3 Å². The molecule has 3 N–H and O–H groups in total. The van der Waals surface area contributed by atoms with Crippen molar-refractivity contribution in [2.45, 2.75) is 38.4 Å². The van der Waals surface area contributed by atoms with E-state index in [2.05, 4.69) is 27.1 Å². The molecule has 2 aliphatic rings. The summed E-state index contributed by atoms with van der Waals surface area (Å²) >= 11 is 0. The number of alkyl halides is 3. The van der Waals surface area contributed by atoms with E-state index >= 15 is 0 Å². The fourth-order valence-corrected chi connectivity index (χ4v) is 5.38. The van der Waals surface area contributed by atoms with Crippen molar-refractivity contribution in [2.24, 2.45) is 5.41 Å². The number of amides is 2. The molecule has 6 rings (SSSR count). The number of aromatic nitrogens is 4. The summed E-state index contributed by atoms with van der Waals surface area (Å²) in [7, 11) is 0. The predicted octanol–water partition coefficient (Wildman–Crippen LogP) is 4.72. The van der Waals surface area contributed by atoms with Crippen LogP contribution >= 0.6 is 0 Å². The number of hydrogen-bond acceptors (Lipinski definition) is 6. The van der Waals surface area contributed by atoms with Gasteiger partial charge in [-0.05, 0) is 61.8 Å². The molecule has 1 unspecified atom stereocenters. The molecule has 1 aromatic carbocycles. The largest absolute Gasteiger partial charge is 0.416 e. The first-order valence-corrected chi connectivity index (χ1v) is 12.9. The van der Waals surface area contributed by atoms with Gasteiger partial charge in [0.2, 0.25) is 0 Å². The lowest BCUT2D eigenvalue weighted by Gasteiger charge is -2.21. The van der Waals surface area contributed by atoms with E-state index < -0.39 is 17.6 Å². The number of anilines is 2. The summed E-state index contributed by atoms with van der Waals surface area (Å²) in [4.78, 5) is 40.4. The zero-order valence-corrected chi connectivity index (χ0v) is 21.9. The molecule has 1 saturated carbocycles. The molecule has 9 nitrogen and oxygen atoms in total. The zero-order valence-electron chi connectivity index (χ0n) is 21.9. The van der Waals surface area contributed by atoms with Crippen LogP contribution in [-0.2, 0) is 11.0 Å². The topological polar surface area (TPSA) is 119 Å². The zero-order chi connectivity index (χ0) is 28.9. The highest BCUT2D eigenvalue weighted by Gasteiger charge is 2.54. The molecule has 0 radical (unpaired) electrons. The summed E-state index contributed by atoms with van der Waals surface area (Å²) < 4.78 is 40.9. The number of benzene rings is 1. The van der Waals surface area contributed by atoms with Gasteiger partial charge < -0.3 is 16.0 Å². The molecule has 1 saturated heterocycles. The standard InChI is InChI=1S/C29H24F3N7O2/c1-2-3-22(40)39-16-28(9-10-28)15-20(39)26-37-23(24-25(33)35-12-13-38(24)26)17-4-6-18(7-5-17)27(41)36-21-14-19(8-11-34-21)29(30,31)32/h4-8,11-14,20H,9-10,15-16H2,1H3,(H2,33,35)(H,34,36,41). The molecule has 1 spiro atoms. The molecule has 1 atom stereocenters. The van der Waals surface area contributed by atoms with Gasteiger partial charge in [0.1, 0.15) is 28.7 Å². The number of carbonyl (C=O) groups excluding carboxylic acids is 2. The molecule has 1 aliphatic carbocycles. The Morgan fingerprint density at radius 1 is 1.12 bits per heavy atom. The van der Waals surface area contributed by atoms with E-state index in [-0.39, 0.29) is 34.6 Å². The molecule has 208 valence electrons. The van der Waals surface area contributed by atoms with Crippen molar-refractivity contribution in [1.82, 2.24) is 24.3 Å². The number of rotatable bonds is 4. The van der Waals surface area contributed by atoms with Crippen molar-refractivity contribution >= 4 is 29.0 Å². The second kappa shape index (κ2) is 9.62. The number of carbonyl (C=O) groups is 2. The summed E-state index contributed by atoms with van der Waals surface area (Å²) in [6.45, 7) is 2.26. The second-order valence-corrected chi connectivity index (χ2v) is 10.3. The van der Waals surface area contributed by atoms with Crippen LogP contribution < -0.4 is 11.1 Å². The van der Waals surface area contributed by atoms with E-state index in [0.29, 0.717) is 29.1 Å². The van der Waals surface area contributed by atoms with Crippen LogP contribution in [0.2, 0.25) is 0 Å². The van der Waals surface area contributed by atoms with Gasteiger partial charge in [0.05, 0.1) is 11.6 Å². The Labute approximate surface area is 232 Å². The lowest BCUT2D eigenvalue weighted by atomic mass is 10.0. The number of hydrogen-bond donors (Lipinski definition) is 2. The number of fused-ring (bicyclic) bond motifs is 1. The fraction of sp³-hybridized carbons (Fsp3) is 0.276. The van der Waals surface area contributed by atoms with Crippen LogP contribution in [0.3, 0.4) is 0 Å². The molecule has 41 heavy (non-hydrogen) atoms. The number of likely N-dealkylation sites (tertiary alicyclic amines) is 1. The molecule has 2 amide bonds. The first kappa shape index (κ1) is 26.3. The SMILES string of the molecule is CC#CC(=O)N1CC2(CC2)CC1c1nc(-c2ccc(C(=O)Nc3cc(C(F)(F)F)ccn3)cc2)c2c(N)nccn12. The van der Waals surface area contributed by atoms with Crippen molar-refractivity contribution in [3.05, 3.63) is 71.9 Å². The number of nitrogens with zero attached hydrogens (tertiary/aromatic N) is 5. The lowest BCUT2D eigenvalue weighted by molar-refractivity contribution is -0.137. The van der Waals surface area contributed by atoms with Crippen LogP contribution in [0.1, 0.15) is 54.0 Å². The normalized spacial score (nSPS) is 17.4. The average Bonchev–Trinajstić information content (AvgIpc) is 3.42. The number of nitrogens with one attached hydrogen (secondary N) is 1. The third-order valence-corrected chi connectivity index (χ3v) is 7.62. The van der Waals surface area contributed by atoms with E-state index in [1.54, 1.807) is 36.4 Å². The molecule has 2 fully saturated rings. The van der Waals surface area contributed by atoms with Gasteiger partial charge in [-0.25, -0.2) is 15.0 Å². The van der Waals surface area contributed by atoms with Crippen LogP contribution in [0.5, 0.6) is 0 Å². The summed E-state index contributed by atoms with van der Waals surface area (Å²) in [5.74, 6) is 5.18. The summed E-state index contributed by atoms with van der Waals surface area (Å²) in [5, 5.41) is 2.40. The second-order valence-electron chi connectivity index (χ2n) is 10.3. The van der Waals surface area contributed by atoms with E-state index in [9.17, 15) is 22.8 Å². The Bertz CT molecular complexity index is 1750. The predicted molar refractivity (Wildman–Crippen MR) is 144 cm³/mol. The van der Waals surface area contributed by atoms with Gasteiger partial charge in [0, 0.05) is 36.3 Å².